The maximum absolute atomic E-state index is 3.16. The van der Waals surface area contributed by atoms with E-state index >= 15 is 0 Å². The number of hydrogen-bond donors (Lipinski definition) is 1. The SMILES string of the molecule is [C]1C=CC2=C(CCCC2)N1. The summed E-state index contributed by atoms with van der Waals surface area (Å²) in [7, 11) is 0. The highest BCUT2D eigenvalue weighted by Crippen LogP contribution is 2.25. The molecule has 1 aliphatic heterocycles. The Hall–Kier alpha value is -0.720. The lowest BCUT2D eigenvalue weighted by Gasteiger charge is -2.21. The molecule has 0 saturated heterocycles. The van der Waals surface area contributed by atoms with Crippen LogP contribution >= 0.6 is 0 Å². The van der Waals surface area contributed by atoms with E-state index in [1.165, 1.54) is 37.0 Å². The van der Waals surface area contributed by atoms with Crippen molar-refractivity contribution in [2.45, 2.75) is 25.7 Å². The van der Waals surface area contributed by atoms with Crippen molar-refractivity contribution in [1.29, 1.82) is 0 Å². The zero-order valence-corrected chi connectivity index (χ0v) is 5.98. The van der Waals surface area contributed by atoms with Crippen LogP contribution in [0.4, 0.5) is 0 Å². The molecule has 2 aliphatic rings. The highest BCUT2D eigenvalue weighted by molar-refractivity contribution is 5.32. The van der Waals surface area contributed by atoms with Crippen molar-refractivity contribution < 1.29 is 0 Å². The predicted molar refractivity (Wildman–Crippen MR) is 41.0 cm³/mol. The molecule has 1 heteroatoms. The van der Waals surface area contributed by atoms with Crippen LogP contribution in [0.2, 0.25) is 0 Å². The highest BCUT2D eigenvalue weighted by atomic mass is 14.9. The number of allylic oxidation sites excluding steroid dienone is 3. The Bertz CT molecular complexity index is 189. The van der Waals surface area contributed by atoms with Crippen molar-refractivity contribution in [3.05, 3.63) is 30.0 Å². The van der Waals surface area contributed by atoms with E-state index < -0.39 is 0 Å². The van der Waals surface area contributed by atoms with Gasteiger partial charge in [-0.15, -0.1) is 0 Å². The molecular weight excluding hydrogens is 122 g/mol. The van der Waals surface area contributed by atoms with E-state index in [-0.39, 0.29) is 0 Å². The summed E-state index contributed by atoms with van der Waals surface area (Å²) in [5.41, 5.74) is 2.89. The van der Waals surface area contributed by atoms with E-state index in [0.717, 1.165) is 0 Å². The Morgan fingerprint density at radius 1 is 1.30 bits per heavy atom. The van der Waals surface area contributed by atoms with E-state index in [1.807, 2.05) is 6.08 Å². The zero-order valence-electron chi connectivity index (χ0n) is 5.98. The third kappa shape index (κ3) is 0.962. The van der Waals surface area contributed by atoms with Gasteiger partial charge in [0.1, 0.15) is 6.54 Å². The second kappa shape index (κ2) is 2.49. The Morgan fingerprint density at radius 2 is 2.20 bits per heavy atom. The molecule has 1 nitrogen and oxygen atoms in total. The molecular formula is C9H11N. The molecule has 1 aliphatic carbocycles. The van der Waals surface area contributed by atoms with Gasteiger partial charge in [-0.25, -0.2) is 0 Å². The molecule has 1 N–H and O–H groups in total. The van der Waals surface area contributed by atoms with Crippen LogP contribution < -0.4 is 5.32 Å². The molecule has 0 fully saturated rings. The van der Waals surface area contributed by atoms with Crippen molar-refractivity contribution in [2.24, 2.45) is 0 Å². The van der Waals surface area contributed by atoms with Gasteiger partial charge in [0.05, 0.1) is 0 Å². The van der Waals surface area contributed by atoms with E-state index in [1.54, 1.807) is 0 Å². The van der Waals surface area contributed by atoms with Gasteiger partial charge in [-0.1, -0.05) is 12.2 Å². The summed E-state index contributed by atoms with van der Waals surface area (Å²) in [6, 6.07) is 0. The average Bonchev–Trinajstić information content (AvgIpc) is 2.05. The average molecular weight is 133 g/mol. The van der Waals surface area contributed by atoms with Gasteiger partial charge in [-0.3, -0.25) is 0 Å². The monoisotopic (exact) mass is 133 g/mol. The van der Waals surface area contributed by atoms with Crippen LogP contribution in [-0.4, -0.2) is 0 Å². The summed E-state index contributed by atoms with van der Waals surface area (Å²) < 4.78 is 0. The molecule has 0 aromatic carbocycles. The Kier molecular flexibility index (Phi) is 1.50. The minimum Gasteiger partial charge on any atom is -0.374 e. The van der Waals surface area contributed by atoms with Gasteiger partial charge in [0.25, 0.3) is 0 Å². The minimum absolute atomic E-state index is 1.21. The molecule has 10 heavy (non-hydrogen) atoms. The molecule has 2 radical (unpaired) electrons. The summed E-state index contributed by atoms with van der Waals surface area (Å²) in [5.74, 6) is 0. The van der Waals surface area contributed by atoms with Crippen molar-refractivity contribution in [3.63, 3.8) is 0 Å². The van der Waals surface area contributed by atoms with Crippen LogP contribution in [0.5, 0.6) is 0 Å². The lowest BCUT2D eigenvalue weighted by atomic mass is 9.94. The molecule has 0 bridgehead atoms. The van der Waals surface area contributed by atoms with Gasteiger partial charge in [-0.2, -0.15) is 0 Å². The molecule has 0 aromatic rings. The summed E-state index contributed by atoms with van der Waals surface area (Å²) in [5, 5.41) is 3.16. The van der Waals surface area contributed by atoms with Crippen LogP contribution in [0.1, 0.15) is 25.7 Å². The van der Waals surface area contributed by atoms with Crippen LogP contribution in [0, 0.1) is 6.54 Å². The molecule has 0 atom stereocenters. The maximum Gasteiger partial charge on any atom is 0.115 e. The third-order valence-corrected chi connectivity index (χ3v) is 2.10. The van der Waals surface area contributed by atoms with Crippen LogP contribution in [0.3, 0.4) is 0 Å². The first-order chi connectivity index (χ1) is 4.97. The number of nitrogens with one attached hydrogen (secondary N) is 1. The molecule has 0 aromatic heterocycles. The van der Waals surface area contributed by atoms with Crippen molar-refractivity contribution in [1.82, 2.24) is 5.32 Å². The normalized spacial score (nSPS) is 24.0. The van der Waals surface area contributed by atoms with Crippen molar-refractivity contribution in [2.75, 3.05) is 0 Å². The highest BCUT2D eigenvalue weighted by Gasteiger charge is 2.11. The van der Waals surface area contributed by atoms with Gasteiger partial charge in [0.15, 0.2) is 0 Å². The van der Waals surface area contributed by atoms with Crippen LogP contribution in [0.25, 0.3) is 0 Å². The third-order valence-electron chi connectivity index (χ3n) is 2.10. The standard InChI is InChI=1S/C9H11N/c1-2-6-9-8(4-1)5-3-7-10-9/h3,5,10H,1-2,4,6H2. The van der Waals surface area contributed by atoms with Gasteiger partial charge < -0.3 is 5.32 Å². The molecule has 0 spiro atoms. The molecule has 1 heterocycles. The second-order valence-corrected chi connectivity index (χ2v) is 2.81. The van der Waals surface area contributed by atoms with Crippen molar-refractivity contribution >= 4 is 0 Å². The van der Waals surface area contributed by atoms with Crippen LogP contribution in [-0.2, 0) is 0 Å². The predicted octanol–water partition coefficient (Wildman–Crippen LogP) is 2.01. The van der Waals surface area contributed by atoms with Gasteiger partial charge in [0.2, 0.25) is 0 Å². The molecule has 52 valence electrons. The first-order valence-electron chi connectivity index (χ1n) is 3.87. The number of dihydropyridines is 1. The Labute approximate surface area is 61.8 Å². The van der Waals surface area contributed by atoms with E-state index in [0.29, 0.717) is 0 Å². The lowest BCUT2D eigenvalue weighted by Crippen LogP contribution is -2.16. The summed E-state index contributed by atoms with van der Waals surface area (Å²) >= 11 is 0. The molecule has 2 rings (SSSR count). The smallest absolute Gasteiger partial charge is 0.115 e. The summed E-state index contributed by atoms with van der Waals surface area (Å²) in [4.78, 5) is 0. The van der Waals surface area contributed by atoms with Gasteiger partial charge in [-0.05, 0) is 31.3 Å². The number of rotatable bonds is 0. The fourth-order valence-corrected chi connectivity index (χ4v) is 1.53. The fourth-order valence-electron chi connectivity index (χ4n) is 1.53. The van der Waals surface area contributed by atoms with Crippen molar-refractivity contribution in [3.8, 4) is 0 Å². The number of hydrogen-bond acceptors (Lipinski definition) is 1. The Balaban J connectivity index is 2.23. The quantitative estimate of drug-likeness (QED) is 0.533. The second-order valence-electron chi connectivity index (χ2n) is 2.81. The minimum atomic E-state index is 1.21. The van der Waals surface area contributed by atoms with Crippen LogP contribution in [0.15, 0.2) is 23.4 Å². The zero-order chi connectivity index (χ0) is 6.81. The Morgan fingerprint density at radius 3 is 3.10 bits per heavy atom. The lowest BCUT2D eigenvalue weighted by molar-refractivity contribution is 0.645. The first-order valence-corrected chi connectivity index (χ1v) is 3.87. The molecule has 0 unspecified atom stereocenters. The van der Waals surface area contributed by atoms with E-state index in [9.17, 15) is 0 Å². The van der Waals surface area contributed by atoms with Gasteiger partial charge >= 0.3 is 0 Å². The summed E-state index contributed by atoms with van der Waals surface area (Å²) in [6.07, 6.45) is 9.29. The van der Waals surface area contributed by atoms with E-state index in [4.69, 9.17) is 0 Å². The van der Waals surface area contributed by atoms with E-state index in [2.05, 4.69) is 17.9 Å². The largest absolute Gasteiger partial charge is 0.374 e. The molecule has 0 saturated carbocycles. The molecule has 0 amide bonds. The summed E-state index contributed by atoms with van der Waals surface area (Å²) in [6.45, 7) is 3.00. The first kappa shape index (κ1) is 6.02. The fraction of sp³-hybridized carbons (Fsp3) is 0.444. The van der Waals surface area contributed by atoms with Gasteiger partial charge in [0, 0.05) is 5.70 Å². The maximum atomic E-state index is 3.16. The topological polar surface area (TPSA) is 12.0 Å².